The Kier molecular flexibility index (Phi) is 8.48. The van der Waals surface area contributed by atoms with Gasteiger partial charge in [-0.25, -0.2) is 8.42 Å². The molecule has 0 radical (unpaired) electrons. The minimum atomic E-state index is -3.97. The number of esters is 1. The summed E-state index contributed by atoms with van der Waals surface area (Å²) in [7, 11) is -3.97. The predicted molar refractivity (Wildman–Crippen MR) is 111 cm³/mol. The molecule has 0 aromatic heterocycles. The molecular formula is C20H29ClN2O5S. The van der Waals surface area contributed by atoms with Gasteiger partial charge in [0.2, 0.25) is 10.0 Å². The zero-order chi connectivity index (χ0) is 21.6. The van der Waals surface area contributed by atoms with Crippen LogP contribution >= 0.6 is 11.6 Å². The molecule has 1 aromatic rings. The summed E-state index contributed by atoms with van der Waals surface area (Å²) in [5, 5.41) is 0.272. The standard InChI is InChI=1S/C20H29ClN2O5S/c1-4-10-23(12-15-8-9-15)18(24)13-28-20(25)19(14(2)3)22-29(26,27)17-7-5-6-16(21)11-17/h5-7,11,14-15,19,22H,4,8-10,12-13H2,1-3H3. The molecule has 1 unspecified atom stereocenters. The van der Waals surface area contributed by atoms with Crippen molar-refractivity contribution in [1.82, 2.24) is 9.62 Å². The molecule has 29 heavy (non-hydrogen) atoms. The first-order valence-electron chi connectivity index (χ1n) is 9.86. The lowest BCUT2D eigenvalue weighted by molar-refractivity contribution is -0.154. The molecule has 0 aliphatic heterocycles. The van der Waals surface area contributed by atoms with E-state index >= 15 is 0 Å². The van der Waals surface area contributed by atoms with E-state index in [1.54, 1.807) is 24.8 Å². The molecule has 1 fully saturated rings. The van der Waals surface area contributed by atoms with Crippen molar-refractivity contribution in [3.63, 3.8) is 0 Å². The second-order valence-electron chi connectivity index (χ2n) is 7.69. The smallest absolute Gasteiger partial charge is 0.324 e. The quantitative estimate of drug-likeness (QED) is 0.530. The highest BCUT2D eigenvalue weighted by Gasteiger charge is 2.31. The van der Waals surface area contributed by atoms with Crippen LogP contribution in [0.5, 0.6) is 0 Å². The number of nitrogens with one attached hydrogen (secondary N) is 1. The van der Waals surface area contributed by atoms with Gasteiger partial charge < -0.3 is 9.64 Å². The van der Waals surface area contributed by atoms with E-state index in [9.17, 15) is 18.0 Å². The Hall–Kier alpha value is -1.64. The number of hydrogen-bond donors (Lipinski definition) is 1. The predicted octanol–water partition coefficient (Wildman–Crippen LogP) is 2.83. The van der Waals surface area contributed by atoms with Crippen molar-refractivity contribution >= 4 is 33.5 Å². The van der Waals surface area contributed by atoms with E-state index in [2.05, 4.69) is 4.72 Å². The molecule has 2 rings (SSSR count). The molecule has 1 atom stereocenters. The number of amides is 1. The average molecular weight is 445 g/mol. The number of hydrogen-bond acceptors (Lipinski definition) is 5. The molecule has 7 nitrogen and oxygen atoms in total. The van der Waals surface area contributed by atoms with Crippen LogP contribution < -0.4 is 4.72 Å². The zero-order valence-electron chi connectivity index (χ0n) is 17.1. The van der Waals surface area contributed by atoms with Crippen molar-refractivity contribution in [1.29, 1.82) is 0 Å². The van der Waals surface area contributed by atoms with Crippen LogP contribution in [-0.2, 0) is 24.3 Å². The third-order valence-corrected chi connectivity index (χ3v) is 6.34. The molecule has 1 aliphatic rings. The number of sulfonamides is 1. The number of rotatable bonds is 11. The Morgan fingerprint density at radius 3 is 2.55 bits per heavy atom. The molecule has 9 heteroatoms. The highest BCUT2D eigenvalue weighted by Crippen LogP contribution is 2.29. The molecule has 1 amide bonds. The highest BCUT2D eigenvalue weighted by atomic mass is 35.5. The molecule has 0 heterocycles. The van der Waals surface area contributed by atoms with Gasteiger partial charge in [0.1, 0.15) is 6.04 Å². The molecule has 162 valence electrons. The number of carbonyl (C=O) groups is 2. The number of ether oxygens (including phenoxy) is 1. The van der Waals surface area contributed by atoms with Gasteiger partial charge in [0.15, 0.2) is 6.61 Å². The highest BCUT2D eigenvalue weighted by molar-refractivity contribution is 7.89. The summed E-state index contributed by atoms with van der Waals surface area (Å²) < 4.78 is 32.8. The third kappa shape index (κ3) is 7.28. The van der Waals surface area contributed by atoms with Crippen LogP contribution in [0.15, 0.2) is 29.2 Å². The average Bonchev–Trinajstić information content (AvgIpc) is 3.47. The monoisotopic (exact) mass is 444 g/mol. The molecule has 1 N–H and O–H groups in total. The second-order valence-corrected chi connectivity index (χ2v) is 9.84. The Balaban J connectivity index is 2.00. The Bertz CT molecular complexity index is 824. The maximum absolute atomic E-state index is 12.6. The fourth-order valence-electron chi connectivity index (χ4n) is 2.84. The lowest BCUT2D eigenvalue weighted by atomic mass is 10.1. The topological polar surface area (TPSA) is 92.8 Å². The van der Waals surface area contributed by atoms with Crippen LogP contribution in [0.4, 0.5) is 0 Å². The molecule has 0 spiro atoms. The van der Waals surface area contributed by atoms with E-state index in [4.69, 9.17) is 16.3 Å². The number of benzene rings is 1. The first-order chi connectivity index (χ1) is 13.6. The number of carbonyl (C=O) groups excluding carboxylic acids is 2. The maximum Gasteiger partial charge on any atom is 0.324 e. The second kappa shape index (κ2) is 10.4. The zero-order valence-corrected chi connectivity index (χ0v) is 18.6. The fourth-order valence-corrected chi connectivity index (χ4v) is 4.47. The Morgan fingerprint density at radius 1 is 1.31 bits per heavy atom. The van der Waals surface area contributed by atoms with Crippen LogP contribution in [0.2, 0.25) is 5.02 Å². The molecule has 1 saturated carbocycles. The lowest BCUT2D eigenvalue weighted by Gasteiger charge is -2.24. The van der Waals surface area contributed by atoms with Crippen LogP contribution in [0.25, 0.3) is 0 Å². The van der Waals surface area contributed by atoms with Gasteiger partial charge in [-0.3, -0.25) is 9.59 Å². The summed E-state index contributed by atoms with van der Waals surface area (Å²) in [5.74, 6) is -0.868. The van der Waals surface area contributed by atoms with Crippen LogP contribution in [-0.4, -0.2) is 50.9 Å². The number of nitrogens with zero attached hydrogens (tertiary/aromatic N) is 1. The van der Waals surface area contributed by atoms with E-state index in [1.165, 1.54) is 18.2 Å². The molecule has 1 aromatic carbocycles. The van der Waals surface area contributed by atoms with Crippen molar-refractivity contribution in [2.45, 2.75) is 51.0 Å². The molecule has 0 bridgehead atoms. The van der Waals surface area contributed by atoms with Crippen molar-refractivity contribution in [3.05, 3.63) is 29.3 Å². The lowest BCUT2D eigenvalue weighted by Crippen LogP contribution is -2.46. The van der Waals surface area contributed by atoms with Crippen LogP contribution in [0.3, 0.4) is 0 Å². The summed E-state index contributed by atoms with van der Waals surface area (Å²) in [6.07, 6.45) is 3.06. The van der Waals surface area contributed by atoms with Gasteiger partial charge in [-0.05, 0) is 49.3 Å². The van der Waals surface area contributed by atoms with Gasteiger partial charge >= 0.3 is 5.97 Å². The van der Waals surface area contributed by atoms with E-state index in [0.29, 0.717) is 19.0 Å². The fraction of sp³-hybridized carbons (Fsp3) is 0.600. The normalized spacial score (nSPS) is 15.2. The van der Waals surface area contributed by atoms with Gasteiger partial charge in [0.25, 0.3) is 5.91 Å². The van der Waals surface area contributed by atoms with Crippen molar-refractivity contribution in [2.24, 2.45) is 11.8 Å². The molecule has 1 aliphatic carbocycles. The van der Waals surface area contributed by atoms with Gasteiger partial charge in [-0.2, -0.15) is 4.72 Å². The third-order valence-electron chi connectivity index (χ3n) is 4.67. The SMILES string of the molecule is CCCN(CC1CC1)C(=O)COC(=O)C(NS(=O)(=O)c1cccc(Cl)c1)C(C)C. The summed E-state index contributed by atoms with van der Waals surface area (Å²) in [6, 6.07) is 4.65. The largest absolute Gasteiger partial charge is 0.454 e. The van der Waals surface area contributed by atoms with Crippen LogP contribution in [0.1, 0.15) is 40.0 Å². The first kappa shape index (κ1) is 23.6. The van der Waals surface area contributed by atoms with Gasteiger partial charge in [0, 0.05) is 18.1 Å². The summed E-state index contributed by atoms with van der Waals surface area (Å²) in [4.78, 5) is 26.6. The Labute approximate surface area is 177 Å². The first-order valence-corrected chi connectivity index (χ1v) is 11.7. The van der Waals surface area contributed by atoms with Gasteiger partial charge in [0.05, 0.1) is 4.90 Å². The van der Waals surface area contributed by atoms with E-state index in [0.717, 1.165) is 19.3 Å². The van der Waals surface area contributed by atoms with Crippen molar-refractivity contribution < 1.29 is 22.7 Å². The van der Waals surface area contributed by atoms with Crippen molar-refractivity contribution in [2.75, 3.05) is 19.7 Å². The van der Waals surface area contributed by atoms with E-state index < -0.39 is 28.6 Å². The van der Waals surface area contributed by atoms with E-state index in [-0.39, 0.29) is 21.7 Å². The number of halogens is 1. The summed E-state index contributed by atoms with van der Waals surface area (Å²) in [6.45, 7) is 6.28. The van der Waals surface area contributed by atoms with Crippen LogP contribution in [0, 0.1) is 11.8 Å². The summed E-state index contributed by atoms with van der Waals surface area (Å²) >= 11 is 5.87. The summed E-state index contributed by atoms with van der Waals surface area (Å²) in [5.41, 5.74) is 0. The van der Waals surface area contributed by atoms with Crippen molar-refractivity contribution in [3.8, 4) is 0 Å². The van der Waals surface area contributed by atoms with E-state index in [1.807, 2.05) is 6.92 Å². The molecule has 0 saturated heterocycles. The Morgan fingerprint density at radius 2 is 2.00 bits per heavy atom. The van der Waals surface area contributed by atoms with Gasteiger partial charge in [-0.1, -0.05) is 38.4 Å². The minimum Gasteiger partial charge on any atom is -0.454 e. The molecular weight excluding hydrogens is 416 g/mol. The maximum atomic E-state index is 12.6. The minimum absolute atomic E-state index is 0.0434. The van der Waals surface area contributed by atoms with Gasteiger partial charge in [-0.15, -0.1) is 0 Å².